The Balaban J connectivity index is 2.03. The van der Waals surface area contributed by atoms with Crippen LogP contribution in [0.25, 0.3) is 0 Å². The predicted molar refractivity (Wildman–Crippen MR) is 75.1 cm³/mol. The normalized spacial score (nSPS) is 12.2. The highest BCUT2D eigenvalue weighted by molar-refractivity contribution is 7.98. The van der Waals surface area contributed by atoms with Crippen LogP contribution in [0.1, 0.15) is 12.5 Å². The van der Waals surface area contributed by atoms with Gasteiger partial charge in [-0.1, -0.05) is 23.9 Å². The van der Waals surface area contributed by atoms with Crippen LogP contribution in [0.4, 0.5) is 8.78 Å². The molecule has 0 radical (unpaired) electrons. The molecule has 1 atom stereocenters. The minimum Gasteiger partial charge on any atom is -0.472 e. The molecule has 0 bridgehead atoms. The van der Waals surface area contributed by atoms with Crippen molar-refractivity contribution in [3.05, 3.63) is 47.7 Å². The van der Waals surface area contributed by atoms with Crippen LogP contribution in [-0.4, -0.2) is 27.8 Å². The summed E-state index contributed by atoms with van der Waals surface area (Å²) < 4.78 is 32.0. The molecular formula is C14H14F2N2O2S. The van der Waals surface area contributed by atoms with E-state index in [1.54, 1.807) is 13.0 Å². The molecule has 2 rings (SSSR count). The molecule has 0 saturated heterocycles. The number of aliphatic hydroxyl groups is 1. The highest BCUT2D eigenvalue weighted by Crippen LogP contribution is 2.23. The van der Waals surface area contributed by atoms with E-state index in [0.717, 1.165) is 6.07 Å². The van der Waals surface area contributed by atoms with Gasteiger partial charge in [-0.25, -0.2) is 13.8 Å². The Morgan fingerprint density at radius 3 is 2.90 bits per heavy atom. The Hall–Kier alpha value is -1.73. The lowest BCUT2D eigenvalue weighted by atomic mass is 10.2. The molecular weight excluding hydrogens is 298 g/mol. The second-order valence-corrected chi connectivity index (χ2v) is 5.23. The molecule has 1 N–H and O–H groups in total. The summed E-state index contributed by atoms with van der Waals surface area (Å²) in [6.45, 7) is 1.58. The maximum atomic E-state index is 13.5. The number of hydrogen-bond acceptors (Lipinski definition) is 5. The summed E-state index contributed by atoms with van der Waals surface area (Å²) in [5.41, 5.74) is 0.249. The molecule has 0 aliphatic carbocycles. The molecule has 21 heavy (non-hydrogen) atoms. The van der Waals surface area contributed by atoms with Gasteiger partial charge in [0.1, 0.15) is 6.10 Å². The predicted octanol–water partition coefficient (Wildman–Crippen LogP) is 2.81. The first kappa shape index (κ1) is 15.7. The van der Waals surface area contributed by atoms with Crippen LogP contribution in [0.3, 0.4) is 0 Å². The van der Waals surface area contributed by atoms with Gasteiger partial charge in [-0.05, 0) is 13.0 Å². The second-order valence-electron chi connectivity index (χ2n) is 4.29. The van der Waals surface area contributed by atoms with Gasteiger partial charge in [0, 0.05) is 23.6 Å². The van der Waals surface area contributed by atoms with E-state index in [0.29, 0.717) is 11.0 Å². The highest BCUT2D eigenvalue weighted by Gasteiger charge is 2.10. The van der Waals surface area contributed by atoms with Gasteiger partial charge in [-0.2, -0.15) is 4.98 Å². The quantitative estimate of drug-likeness (QED) is 0.656. The molecule has 0 amide bonds. The summed E-state index contributed by atoms with van der Waals surface area (Å²) >= 11 is 1.17. The van der Waals surface area contributed by atoms with E-state index in [-0.39, 0.29) is 24.0 Å². The van der Waals surface area contributed by atoms with Gasteiger partial charge in [-0.3, -0.25) is 0 Å². The number of aromatic nitrogens is 2. The van der Waals surface area contributed by atoms with Gasteiger partial charge < -0.3 is 9.84 Å². The molecule has 112 valence electrons. The molecule has 0 aliphatic heterocycles. The van der Waals surface area contributed by atoms with Crippen LogP contribution in [0.5, 0.6) is 5.88 Å². The SMILES string of the molecule is C[C@H](CO)Oc1ccnc(SCc2cccc(F)c2F)n1. The first-order valence-corrected chi connectivity index (χ1v) is 7.25. The third-order valence-corrected chi connectivity index (χ3v) is 3.49. The highest BCUT2D eigenvalue weighted by atomic mass is 32.2. The zero-order chi connectivity index (χ0) is 15.2. The molecule has 4 nitrogen and oxygen atoms in total. The maximum absolute atomic E-state index is 13.5. The Morgan fingerprint density at radius 2 is 2.14 bits per heavy atom. The standard InChI is InChI=1S/C14H14F2N2O2S/c1-9(7-19)20-12-5-6-17-14(18-12)21-8-10-3-2-4-11(15)13(10)16/h2-6,9,19H,7-8H2,1H3/t9-/m1/s1. The number of thioether (sulfide) groups is 1. The molecule has 0 aliphatic rings. The van der Waals surface area contributed by atoms with Crippen molar-refractivity contribution in [3.63, 3.8) is 0 Å². The van der Waals surface area contributed by atoms with Crippen molar-refractivity contribution in [1.29, 1.82) is 0 Å². The van der Waals surface area contributed by atoms with E-state index < -0.39 is 11.6 Å². The van der Waals surface area contributed by atoms with Crippen molar-refractivity contribution >= 4 is 11.8 Å². The molecule has 0 saturated carbocycles. The molecule has 0 unspecified atom stereocenters. The fourth-order valence-electron chi connectivity index (χ4n) is 1.51. The summed E-state index contributed by atoms with van der Waals surface area (Å²) in [6, 6.07) is 5.61. The number of hydrogen-bond donors (Lipinski definition) is 1. The molecule has 0 fully saturated rings. The maximum Gasteiger partial charge on any atom is 0.217 e. The van der Waals surface area contributed by atoms with Crippen LogP contribution in [-0.2, 0) is 5.75 Å². The van der Waals surface area contributed by atoms with Crippen LogP contribution >= 0.6 is 11.8 Å². The Kier molecular flexibility index (Phi) is 5.46. The number of rotatable bonds is 6. The zero-order valence-corrected chi connectivity index (χ0v) is 12.1. The molecule has 0 spiro atoms. The lowest BCUT2D eigenvalue weighted by molar-refractivity contribution is 0.124. The third-order valence-electron chi connectivity index (χ3n) is 2.58. The first-order valence-electron chi connectivity index (χ1n) is 6.26. The largest absolute Gasteiger partial charge is 0.472 e. The summed E-state index contributed by atoms with van der Waals surface area (Å²) in [7, 11) is 0. The van der Waals surface area contributed by atoms with E-state index >= 15 is 0 Å². The van der Waals surface area contributed by atoms with Crippen LogP contribution < -0.4 is 4.74 Å². The summed E-state index contributed by atoms with van der Waals surface area (Å²) in [5, 5.41) is 9.31. The van der Waals surface area contributed by atoms with Gasteiger partial charge in [0.15, 0.2) is 16.8 Å². The van der Waals surface area contributed by atoms with E-state index in [9.17, 15) is 8.78 Å². The summed E-state index contributed by atoms with van der Waals surface area (Å²) in [4.78, 5) is 8.16. The Labute approximate surface area is 125 Å². The van der Waals surface area contributed by atoms with Gasteiger partial charge in [0.05, 0.1) is 6.61 Å². The fraction of sp³-hybridized carbons (Fsp3) is 0.286. The number of nitrogens with zero attached hydrogens (tertiary/aromatic N) is 2. The zero-order valence-electron chi connectivity index (χ0n) is 11.3. The Morgan fingerprint density at radius 1 is 1.33 bits per heavy atom. The third kappa shape index (κ3) is 4.37. The minimum absolute atomic E-state index is 0.124. The van der Waals surface area contributed by atoms with Crippen molar-refractivity contribution in [3.8, 4) is 5.88 Å². The molecule has 1 heterocycles. The van der Waals surface area contributed by atoms with Gasteiger partial charge >= 0.3 is 0 Å². The Bertz CT molecular complexity index is 613. The van der Waals surface area contributed by atoms with E-state index in [2.05, 4.69) is 9.97 Å². The van der Waals surface area contributed by atoms with E-state index in [1.807, 2.05) is 0 Å². The number of halogens is 2. The van der Waals surface area contributed by atoms with Crippen molar-refractivity contribution in [2.45, 2.75) is 23.9 Å². The van der Waals surface area contributed by atoms with E-state index in [4.69, 9.17) is 9.84 Å². The molecule has 1 aromatic heterocycles. The van der Waals surface area contributed by atoms with Gasteiger partial charge in [0.2, 0.25) is 5.88 Å². The number of benzene rings is 1. The van der Waals surface area contributed by atoms with Crippen molar-refractivity contribution in [2.24, 2.45) is 0 Å². The molecule has 1 aromatic carbocycles. The summed E-state index contributed by atoms with van der Waals surface area (Å²) in [6.07, 6.45) is 1.13. The summed E-state index contributed by atoms with van der Waals surface area (Å²) in [5.74, 6) is -1.19. The lowest BCUT2D eigenvalue weighted by Gasteiger charge is -2.11. The van der Waals surface area contributed by atoms with Crippen molar-refractivity contribution in [1.82, 2.24) is 9.97 Å². The van der Waals surface area contributed by atoms with Gasteiger partial charge in [-0.15, -0.1) is 0 Å². The average Bonchev–Trinajstić information content (AvgIpc) is 2.49. The van der Waals surface area contributed by atoms with Crippen LogP contribution in [0.15, 0.2) is 35.6 Å². The molecule has 2 aromatic rings. The minimum atomic E-state index is -0.872. The monoisotopic (exact) mass is 312 g/mol. The lowest BCUT2D eigenvalue weighted by Crippen LogP contribution is -2.17. The second kappa shape index (κ2) is 7.33. The first-order chi connectivity index (χ1) is 10.1. The topological polar surface area (TPSA) is 55.2 Å². The number of ether oxygens (including phenoxy) is 1. The molecule has 7 heteroatoms. The van der Waals surface area contributed by atoms with Crippen LogP contribution in [0.2, 0.25) is 0 Å². The average molecular weight is 312 g/mol. The van der Waals surface area contributed by atoms with Crippen molar-refractivity contribution < 1.29 is 18.6 Å². The number of aliphatic hydroxyl groups excluding tert-OH is 1. The van der Waals surface area contributed by atoms with Crippen LogP contribution in [0, 0.1) is 11.6 Å². The van der Waals surface area contributed by atoms with Gasteiger partial charge in [0.25, 0.3) is 0 Å². The van der Waals surface area contributed by atoms with Crippen molar-refractivity contribution in [2.75, 3.05) is 6.61 Å². The smallest absolute Gasteiger partial charge is 0.217 e. The van der Waals surface area contributed by atoms with E-state index in [1.165, 1.54) is 30.1 Å². The fourth-order valence-corrected chi connectivity index (χ4v) is 2.30.